The Morgan fingerprint density at radius 2 is 0.534 bits per heavy atom. The van der Waals surface area contributed by atoms with Gasteiger partial charge in [0, 0.05) is 103 Å². The summed E-state index contributed by atoms with van der Waals surface area (Å²) in [6.07, 6.45) is 7.40. The van der Waals surface area contributed by atoms with Crippen LogP contribution in [0.25, 0.3) is 0 Å². The molecule has 103 heavy (non-hydrogen) atoms. The number of carbonyl (C=O) groups is 6. The van der Waals surface area contributed by atoms with Crippen molar-refractivity contribution in [1.82, 2.24) is 0 Å². The van der Waals surface area contributed by atoms with Crippen molar-refractivity contribution < 1.29 is 128 Å². The van der Waals surface area contributed by atoms with Crippen molar-refractivity contribution in [3.8, 4) is 12.3 Å². The van der Waals surface area contributed by atoms with Crippen LogP contribution in [-0.4, -0.2) is 271 Å². The Morgan fingerprint density at radius 1 is 0.301 bits per heavy atom. The lowest BCUT2D eigenvalue weighted by atomic mass is 9.79. The highest BCUT2D eigenvalue weighted by atomic mass is 16.7. The molecule has 3 rings (SSSR count). The van der Waals surface area contributed by atoms with Gasteiger partial charge in [-0.3, -0.25) is 28.8 Å². The van der Waals surface area contributed by atoms with E-state index in [4.69, 9.17) is 106 Å². The average molecular weight is 1480 g/mol. The van der Waals surface area contributed by atoms with Gasteiger partial charge in [0.15, 0.2) is 18.9 Å². The summed E-state index contributed by atoms with van der Waals surface area (Å²) in [6.45, 7) is 32.7. The Balaban J connectivity index is 1.29. The van der Waals surface area contributed by atoms with Crippen LogP contribution in [0.1, 0.15) is 147 Å². The normalized spacial score (nSPS) is 25.6. The Hall–Kier alpha value is -3.74. The van der Waals surface area contributed by atoms with Crippen molar-refractivity contribution in [3.63, 3.8) is 0 Å². The highest BCUT2D eigenvalue weighted by molar-refractivity contribution is 5.79. The largest absolute Gasteiger partial charge is 0.463 e. The van der Waals surface area contributed by atoms with Gasteiger partial charge in [-0.1, -0.05) is 62.3 Å². The summed E-state index contributed by atoms with van der Waals surface area (Å²) < 4.78 is 121. The fourth-order valence-corrected chi connectivity index (χ4v) is 11.9. The molecule has 0 aromatic carbocycles. The van der Waals surface area contributed by atoms with Gasteiger partial charge in [0.1, 0.15) is 37.2 Å². The van der Waals surface area contributed by atoms with Gasteiger partial charge in [0.25, 0.3) is 0 Å². The molecule has 0 amide bonds. The minimum absolute atomic E-state index is 0.0283. The third-order valence-corrected chi connectivity index (χ3v) is 19.6. The van der Waals surface area contributed by atoms with Crippen LogP contribution in [0.5, 0.6) is 0 Å². The third kappa shape index (κ3) is 42.0. The van der Waals surface area contributed by atoms with E-state index >= 15 is 0 Å². The third-order valence-electron chi connectivity index (χ3n) is 19.6. The van der Waals surface area contributed by atoms with Gasteiger partial charge >= 0.3 is 17.9 Å². The summed E-state index contributed by atoms with van der Waals surface area (Å²) in [5.41, 5.74) is -0.811. The fourth-order valence-electron chi connectivity index (χ4n) is 11.9. The minimum Gasteiger partial charge on any atom is -0.463 e. The van der Waals surface area contributed by atoms with Crippen molar-refractivity contribution in [2.75, 3.05) is 198 Å². The summed E-state index contributed by atoms with van der Waals surface area (Å²) in [6, 6.07) is 0. The van der Waals surface area contributed by atoms with Gasteiger partial charge in [0.2, 0.25) is 0 Å². The Morgan fingerprint density at radius 3 is 0.767 bits per heavy atom. The van der Waals surface area contributed by atoms with Crippen LogP contribution in [0, 0.1) is 71.0 Å². The summed E-state index contributed by atoms with van der Waals surface area (Å²) in [4.78, 5) is 72.7. The van der Waals surface area contributed by atoms with Crippen LogP contribution in [0.3, 0.4) is 0 Å². The molecule has 15 atom stereocenters. The summed E-state index contributed by atoms with van der Waals surface area (Å²) in [7, 11) is 0. The molecule has 15 unspecified atom stereocenters. The second kappa shape index (κ2) is 57.4. The van der Waals surface area contributed by atoms with Crippen LogP contribution < -0.4 is 0 Å². The first kappa shape index (κ1) is 93.5. The second-order valence-electron chi connectivity index (χ2n) is 27.6. The molecular formula is C76H132O27. The van der Waals surface area contributed by atoms with Gasteiger partial charge in [-0.2, -0.15) is 0 Å². The molecule has 0 aromatic heterocycles. The number of Topliss-reactive ketones (excluding diaryl/α,β-unsaturated/α-hetero) is 3. The molecule has 3 heterocycles. The summed E-state index contributed by atoms with van der Waals surface area (Å²) >= 11 is 0. The van der Waals surface area contributed by atoms with E-state index in [-0.39, 0.29) is 174 Å². The van der Waals surface area contributed by atoms with E-state index in [1.807, 2.05) is 0 Å². The summed E-state index contributed by atoms with van der Waals surface area (Å²) in [5.74, 6) is 3.97. The van der Waals surface area contributed by atoms with Gasteiger partial charge < -0.3 is 99.5 Å². The molecule has 0 radical (unpaired) electrons. The molecule has 3 aliphatic heterocycles. The zero-order chi connectivity index (χ0) is 75.5. The highest BCUT2D eigenvalue weighted by Crippen LogP contribution is 2.38. The maximum Gasteiger partial charge on any atom is 0.302 e. The Labute approximate surface area is 614 Å². The van der Waals surface area contributed by atoms with Crippen molar-refractivity contribution >= 4 is 35.3 Å². The Kier molecular flexibility index (Phi) is 52.1. The number of ether oxygens (including phenoxy) is 21. The van der Waals surface area contributed by atoms with Crippen LogP contribution in [0.4, 0.5) is 0 Å². The molecule has 598 valence electrons. The molecule has 3 fully saturated rings. The molecule has 27 nitrogen and oxygen atoms in total. The number of terminal acetylenes is 1. The van der Waals surface area contributed by atoms with Gasteiger partial charge in [-0.25, -0.2) is 0 Å². The first-order valence-corrected chi connectivity index (χ1v) is 37.7. The molecule has 0 saturated carbocycles. The van der Waals surface area contributed by atoms with Crippen molar-refractivity contribution in [2.45, 2.75) is 184 Å². The number of hydrogen-bond acceptors (Lipinski definition) is 27. The lowest BCUT2D eigenvalue weighted by Gasteiger charge is -2.43. The number of ketones is 3. The smallest absolute Gasteiger partial charge is 0.302 e. The average Bonchev–Trinajstić information content (AvgIpc) is 0.824. The van der Waals surface area contributed by atoms with Gasteiger partial charge in [-0.05, 0) is 54.8 Å². The molecule has 0 aromatic rings. The lowest BCUT2D eigenvalue weighted by molar-refractivity contribution is -0.258. The van der Waals surface area contributed by atoms with E-state index in [0.29, 0.717) is 195 Å². The number of rotatable bonds is 64. The monoisotopic (exact) mass is 1480 g/mol. The highest BCUT2D eigenvalue weighted by Gasteiger charge is 2.43. The predicted octanol–water partition coefficient (Wildman–Crippen LogP) is 8.05. The molecule has 3 saturated heterocycles. The molecule has 0 bridgehead atoms. The number of carbonyl (C=O) groups excluding carboxylic acids is 6. The summed E-state index contributed by atoms with van der Waals surface area (Å²) in [5, 5.41) is 0. The van der Waals surface area contributed by atoms with E-state index in [0.717, 1.165) is 0 Å². The molecule has 3 aliphatic rings. The van der Waals surface area contributed by atoms with Crippen molar-refractivity contribution in [3.05, 3.63) is 0 Å². The maximum atomic E-state index is 12.9. The van der Waals surface area contributed by atoms with Gasteiger partial charge in [0.05, 0.1) is 182 Å². The fraction of sp³-hybridized carbons (Fsp3) is 0.895. The topological polar surface area (TPSA) is 296 Å². The standard InChI is InChI=1S/C76H132O27/c1-14-24-76(52-92-28-21-67(80)18-15-25-83-31-34-86-37-40-89-43-46-95-73-61(8)55(2)58(5)70(101-73)49-98-64(11)77,53-93-29-22-68(81)19-16-26-84-32-35-87-38-41-90-44-47-96-74-62(9)56(3)59(6)71(102-74)50-99-65(12)78)54-94-30-23-69(82)20-17-27-85-33-36-88-39-42-91-45-48-97-75-63(10)57(4)60(7)72(103-75)51-100-66(13)79/h1,55-63,70-75H,15-54H2,2-13H3. The van der Waals surface area contributed by atoms with E-state index < -0.39 is 24.3 Å². The zero-order valence-corrected chi connectivity index (χ0v) is 64.5. The van der Waals surface area contributed by atoms with E-state index in [1.165, 1.54) is 20.8 Å². The maximum absolute atomic E-state index is 12.9. The Bertz CT molecular complexity index is 2060. The van der Waals surface area contributed by atoms with E-state index in [1.54, 1.807) is 0 Å². The molecule has 0 N–H and O–H groups in total. The molecule has 27 heteroatoms. The first-order chi connectivity index (χ1) is 49.6. The van der Waals surface area contributed by atoms with Crippen LogP contribution >= 0.6 is 0 Å². The molecular weight excluding hydrogens is 1340 g/mol. The molecule has 0 spiro atoms. The zero-order valence-electron chi connectivity index (χ0n) is 64.5. The first-order valence-electron chi connectivity index (χ1n) is 37.7. The number of esters is 3. The SMILES string of the molecule is C#CCC(COCCC(=O)CCCOCCOCCOCCOC1OC(COC(C)=O)C(C)C(C)C1C)(COCCC(=O)CCCOCCOCCOCCOC1OC(COC(C)=O)C(C)C(C)C1C)COCCC(=O)CCCOCCOCCOCCOC1OC(COC(C)=O)C(C)C(C)C1C. The molecule has 0 aliphatic carbocycles. The van der Waals surface area contributed by atoms with E-state index in [9.17, 15) is 28.8 Å². The van der Waals surface area contributed by atoms with Crippen molar-refractivity contribution in [1.29, 1.82) is 0 Å². The van der Waals surface area contributed by atoms with Crippen LogP contribution in [-0.2, 0) is 128 Å². The van der Waals surface area contributed by atoms with Gasteiger partial charge in [-0.15, -0.1) is 12.3 Å². The van der Waals surface area contributed by atoms with Crippen LogP contribution in [0.2, 0.25) is 0 Å². The quantitative estimate of drug-likeness (QED) is 0.0241. The van der Waals surface area contributed by atoms with Crippen molar-refractivity contribution in [2.24, 2.45) is 58.7 Å². The minimum atomic E-state index is -0.811. The lowest BCUT2D eigenvalue weighted by Crippen LogP contribution is -2.48. The second-order valence-corrected chi connectivity index (χ2v) is 27.6. The van der Waals surface area contributed by atoms with Crippen LogP contribution in [0.15, 0.2) is 0 Å². The van der Waals surface area contributed by atoms with E-state index in [2.05, 4.69) is 68.2 Å². The predicted molar refractivity (Wildman–Crippen MR) is 378 cm³/mol. The number of hydrogen-bond donors (Lipinski definition) is 0.